The van der Waals surface area contributed by atoms with Crippen LogP contribution >= 0.6 is 0 Å². The molecule has 142 valence electrons. The van der Waals surface area contributed by atoms with Crippen molar-refractivity contribution in [3.8, 4) is 0 Å². The number of amides is 1. The largest absolute Gasteiger partial charge is 0.469 e. The highest BCUT2D eigenvalue weighted by atomic mass is 19.4. The molecule has 5 nitrogen and oxygen atoms in total. The number of carbonyl (C=O) groups excluding carboxylic acids is 2. The predicted molar refractivity (Wildman–Crippen MR) is 87.0 cm³/mol. The smallest absolute Gasteiger partial charge is 0.416 e. The number of esters is 1. The summed E-state index contributed by atoms with van der Waals surface area (Å²) >= 11 is 0. The van der Waals surface area contributed by atoms with Gasteiger partial charge in [0, 0.05) is 6.54 Å². The van der Waals surface area contributed by atoms with Gasteiger partial charge < -0.3 is 14.4 Å². The SMILES string of the molecule is C=CC(=O)N1CC[C@H](OCc2cccc(C(F)(F)F)c2)[C@H]1CC(=O)OC. The molecule has 1 aromatic rings. The topological polar surface area (TPSA) is 55.8 Å². The summed E-state index contributed by atoms with van der Waals surface area (Å²) in [5.74, 6) is -0.824. The van der Waals surface area contributed by atoms with Crippen LogP contribution in [0.4, 0.5) is 13.2 Å². The first-order valence-corrected chi connectivity index (χ1v) is 8.04. The van der Waals surface area contributed by atoms with Crippen molar-refractivity contribution in [2.75, 3.05) is 13.7 Å². The monoisotopic (exact) mass is 371 g/mol. The molecule has 2 atom stereocenters. The van der Waals surface area contributed by atoms with Gasteiger partial charge in [0.2, 0.25) is 5.91 Å². The molecule has 1 heterocycles. The first kappa shape index (κ1) is 20.0. The van der Waals surface area contributed by atoms with E-state index in [0.717, 1.165) is 18.2 Å². The quantitative estimate of drug-likeness (QED) is 0.570. The second kappa shape index (κ2) is 8.35. The van der Waals surface area contributed by atoms with Gasteiger partial charge in [-0.15, -0.1) is 0 Å². The fourth-order valence-electron chi connectivity index (χ4n) is 2.95. The Kier molecular flexibility index (Phi) is 6.42. The van der Waals surface area contributed by atoms with Gasteiger partial charge in [0.05, 0.1) is 37.8 Å². The van der Waals surface area contributed by atoms with Crippen molar-refractivity contribution >= 4 is 11.9 Å². The summed E-state index contributed by atoms with van der Waals surface area (Å²) in [6, 6.07) is 4.32. The summed E-state index contributed by atoms with van der Waals surface area (Å²) in [7, 11) is 1.25. The Hall–Kier alpha value is -2.35. The maximum absolute atomic E-state index is 12.8. The van der Waals surface area contributed by atoms with Gasteiger partial charge in [0.25, 0.3) is 0 Å². The molecule has 0 bridgehead atoms. The number of likely N-dealkylation sites (tertiary alicyclic amines) is 1. The molecule has 1 aromatic carbocycles. The van der Waals surface area contributed by atoms with Crippen molar-refractivity contribution < 1.29 is 32.2 Å². The van der Waals surface area contributed by atoms with E-state index in [1.807, 2.05) is 0 Å². The average Bonchev–Trinajstić information content (AvgIpc) is 3.01. The van der Waals surface area contributed by atoms with Crippen LogP contribution in [0.1, 0.15) is 24.0 Å². The summed E-state index contributed by atoms with van der Waals surface area (Å²) in [6.45, 7) is 3.76. The molecule has 0 spiro atoms. The average molecular weight is 371 g/mol. The number of halogens is 3. The van der Waals surface area contributed by atoms with Crippen molar-refractivity contribution in [3.05, 3.63) is 48.0 Å². The number of benzene rings is 1. The zero-order valence-electron chi connectivity index (χ0n) is 14.3. The lowest BCUT2D eigenvalue weighted by molar-refractivity contribution is -0.144. The van der Waals surface area contributed by atoms with Crippen LogP contribution in [-0.4, -0.2) is 42.6 Å². The molecule has 2 rings (SSSR count). The van der Waals surface area contributed by atoms with E-state index in [4.69, 9.17) is 4.74 Å². The second-order valence-corrected chi connectivity index (χ2v) is 5.92. The highest BCUT2D eigenvalue weighted by Crippen LogP contribution is 2.30. The molecule has 0 aromatic heterocycles. The molecule has 1 saturated heterocycles. The zero-order chi connectivity index (χ0) is 19.3. The third kappa shape index (κ3) is 4.85. The molecule has 0 radical (unpaired) electrons. The summed E-state index contributed by atoms with van der Waals surface area (Å²) in [5.41, 5.74) is -0.385. The fourth-order valence-corrected chi connectivity index (χ4v) is 2.95. The standard InChI is InChI=1S/C18H20F3NO4/c1-3-16(23)22-8-7-15(14(22)10-17(24)25-2)26-11-12-5-4-6-13(9-12)18(19,20)21/h3-6,9,14-15H,1,7-8,10-11H2,2H3/t14-,15+/m1/s1. The van der Waals surface area contributed by atoms with E-state index in [9.17, 15) is 22.8 Å². The van der Waals surface area contributed by atoms with E-state index in [0.29, 0.717) is 18.5 Å². The molecule has 0 unspecified atom stereocenters. The Labute approximate surface area is 149 Å². The van der Waals surface area contributed by atoms with Gasteiger partial charge in [0.15, 0.2) is 0 Å². The van der Waals surface area contributed by atoms with Crippen molar-refractivity contribution in [1.82, 2.24) is 4.90 Å². The molecule has 1 aliphatic rings. The van der Waals surface area contributed by atoms with Crippen LogP contribution in [0.15, 0.2) is 36.9 Å². The first-order chi connectivity index (χ1) is 12.3. The number of carbonyl (C=O) groups is 2. The lowest BCUT2D eigenvalue weighted by Gasteiger charge is -2.26. The number of ether oxygens (including phenoxy) is 2. The third-order valence-corrected chi connectivity index (χ3v) is 4.26. The third-order valence-electron chi connectivity index (χ3n) is 4.26. The van der Waals surface area contributed by atoms with Crippen LogP contribution in [0.5, 0.6) is 0 Å². The first-order valence-electron chi connectivity index (χ1n) is 8.04. The minimum absolute atomic E-state index is 0.0522. The minimum Gasteiger partial charge on any atom is -0.469 e. The maximum atomic E-state index is 12.8. The summed E-state index contributed by atoms with van der Waals surface area (Å²) in [4.78, 5) is 25.0. The van der Waals surface area contributed by atoms with Gasteiger partial charge >= 0.3 is 12.1 Å². The molecule has 8 heteroatoms. The van der Waals surface area contributed by atoms with E-state index in [1.54, 1.807) is 0 Å². The molecule has 1 amide bonds. The van der Waals surface area contributed by atoms with Crippen LogP contribution in [0.25, 0.3) is 0 Å². The Morgan fingerprint density at radius 1 is 1.38 bits per heavy atom. The molecular weight excluding hydrogens is 351 g/mol. The molecule has 0 saturated carbocycles. The molecule has 0 N–H and O–H groups in total. The molecule has 26 heavy (non-hydrogen) atoms. The second-order valence-electron chi connectivity index (χ2n) is 5.92. The number of hydrogen-bond acceptors (Lipinski definition) is 4. The van der Waals surface area contributed by atoms with Crippen LogP contribution in [-0.2, 0) is 31.8 Å². The fraction of sp³-hybridized carbons (Fsp3) is 0.444. The van der Waals surface area contributed by atoms with E-state index >= 15 is 0 Å². The van der Waals surface area contributed by atoms with Crippen LogP contribution in [0.3, 0.4) is 0 Å². The van der Waals surface area contributed by atoms with Gasteiger partial charge in [0.1, 0.15) is 0 Å². The summed E-state index contributed by atoms with van der Waals surface area (Å²) < 4.78 is 48.8. The molecule has 1 aliphatic heterocycles. The van der Waals surface area contributed by atoms with Gasteiger partial charge in [-0.3, -0.25) is 9.59 Å². The van der Waals surface area contributed by atoms with Crippen molar-refractivity contribution in [1.29, 1.82) is 0 Å². The summed E-state index contributed by atoms with van der Waals surface area (Å²) in [5, 5.41) is 0. The normalized spacial score (nSPS) is 20.1. The minimum atomic E-state index is -4.43. The van der Waals surface area contributed by atoms with Gasteiger partial charge in [-0.25, -0.2) is 0 Å². The highest BCUT2D eigenvalue weighted by Gasteiger charge is 2.38. The number of hydrogen-bond donors (Lipinski definition) is 0. The van der Waals surface area contributed by atoms with Gasteiger partial charge in [-0.2, -0.15) is 13.2 Å². The lowest BCUT2D eigenvalue weighted by Crippen LogP contribution is -2.41. The Bertz CT molecular complexity index is 675. The molecular formula is C18H20F3NO4. The van der Waals surface area contributed by atoms with Crippen molar-refractivity contribution in [3.63, 3.8) is 0 Å². The number of methoxy groups -OCH3 is 1. The molecule has 0 aliphatic carbocycles. The van der Waals surface area contributed by atoms with Crippen molar-refractivity contribution in [2.24, 2.45) is 0 Å². The van der Waals surface area contributed by atoms with Crippen LogP contribution in [0.2, 0.25) is 0 Å². The zero-order valence-corrected chi connectivity index (χ0v) is 14.3. The van der Waals surface area contributed by atoms with Crippen LogP contribution in [0, 0.1) is 0 Å². The van der Waals surface area contributed by atoms with Gasteiger partial charge in [-0.05, 0) is 30.2 Å². The number of nitrogens with zero attached hydrogens (tertiary/aromatic N) is 1. The Balaban J connectivity index is 2.08. The summed E-state index contributed by atoms with van der Waals surface area (Å²) in [6.07, 6.45) is -3.33. The van der Waals surface area contributed by atoms with E-state index < -0.39 is 29.9 Å². The van der Waals surface area contributed by atoms with E-state index in [1.165, 1.54) is 24.1 Å². The highest BCUT2D eigenvalue weighted by molar-refractivity contribution is 5.88. The number of alkyl halides is 3. The van der Waals surface area contributed by atoms with Crippen molar-refractivity contribution in [2.45, 2.75) is 37.8 Å². The van der Waals surface area contributed by atoms with Gasteiger partial charge in [-0.1, -0.05) is 18.7 Å². The van der Waals surface area contributed by atoms with E-state index in [-0.39, 0.29) is 18.9 Å². The maximum Gasteiger partial charge on any atom is 0.416 e. The lowest BCUT2D eigenvalue weighted by atomic mass is 10.1. The Morgan fingerprint density at radius 2 is 2.12 bits per heavy atom. The molecule has 1 fully saturated rings. The predicted octanol–water partition coefficient (Wildman–Crippen LogP) is 2.94. The Morgan fingerprint density at radius 3 is 2.73 bits per heavy atom. The van der Waals surface area contributed by atoms with E-state index in [2.05, 4.69) is 11.3 Å². The number of rotatable bonds is 6. The van der Waals surface area contributed by atoms with Crippen LogP contribution < -0.4 is 0 Å².